The first-order valence-corrected chi connectivity index (χ1v) is 10.2. The molecule has 0 atom stereocenters. The minimum absolute atomic E-state index is 0.131. The van der Waals surface area contributed by atoms with Gasteiger partial charge in [-0.25, -0.2) is 9.78 Å². The number of amides is 2. The fraction of sp³-hybridized carbons (Fsp3) is 0.263. The van der Waals surface area contributed by atoms with Crippen LogP contribution in [0.1, 0.15) is 5.56 Å². The van der Waals surface area contributed by atoms with Gasteiger partial charge in [-0.2, -0.15) is 0 Å². The maximum Gasteiger partial charge on any atom is 0.321 e. The van der Waals surface area contributed by atoms with Crippen molar-refractivity contribution in [2.75, 3.05) is 36.4 Å². The van der Waals surface area contributed by atoms with E-state index in [1.807, 2.05) is 0 Å². The number of anilines is 2. The summed E-state index contributed by atoms with van der Waals surface area (Å²) >= 11 is 13.6. The Balaban J connectivity index is 1.39. The monoisotopic (exact) mass is 420 g/mol. The number of halogens is 2. The van der Waals surface area contributed by atoms with Crippen molar-refractivity contribution in [3.63, 3.8) is 0 Å². The van der Waals surface area contributed by atoms with Crippen LogP contribution in [0.2, 0.25) is 10.0 Å². The van der Waals surface area contributed by atoms with Crippen LogP contribution in [0.3, 0.4) is 0 Å². The molecule has 2 amide bonds. The Kier molecular flexibility index (Phi) is 5.12. The Bertz CT molecular complexity index is 999. The summed E-state index contributed by atoms with van der Waals surface area (Å²) < 4.78 is 1.20. The lowest BCUT2D eigenvalue weighted by Crippen LogP contribution is -2.50. The Morgan fingerprint density at radius 3 is 2.59 bits per heavy atom. The lowest BCUT2D eigenvalue weighted by molar-refractivity contribution is 0.208. The first-order valence-electron chi connectivity index (χ1n) is 8.63. The number of benzene rings is 2. The van der Waals surface area contributed by atoms with E-state index in [2.05, 4.69) is 35.3 Å². The zero-order valence-electron chi connectivity index (χ0n) is 14.7. The zero-order valence-corrected chi connectivity index (χ0v) is 17.0. The molecule has 0 radical (unpaired) electrons. The second-order valence-electron chi connectivity index (χ2n) is 6.45. The molecule has 1 aromatic heterocycles. The third-order valence-corrected chi connectivity index (χ3v) is 6.44. The SMILES string of the molecule is Cc1cccc2sc(N3CCN(C(=O)Nc4ccc(Cl)c(Cl)c4)CC3)nc12. The van der Waals surface area contributed by atoms with Crippen molar-refractivity contribution < 1.29 is 4.79 Å². The number of nitrogens with one attached hydrogen (secondary N) is 1. The minimum atomic E-state index is -0.131. The molecule has 5 nitrogen and oxygen atoms in total. The fourth-order valence-corrected chi connectivity index (χ4v) is 4.48. The molecule has 3 aromatic rings. The number of carbonyl (C=O) groups is 1. The molecule has 0 saturated carbocycles. The van der Waals surface area contributed by atoms with Crippen LogP contribution in [0.5, 0.6) is 0 Å². The van der Waals surface area contributed by atoms with E-state index in [4.69, 9.17) is 28.2 Å². The van der Waals surface area contributed by atoms with E-state index < -0.39 is 0 Å². The maximum atomic E-state index is 12.5. The second-order valence-corrected chi connectivity index (χ2v) is 8.27. The smallest absolute Gasteiger partial charge is 0.321 e. The highest BCUT2D eigenvalue weighted by molar-refractivity contribution is 7.22. The number of carbonyl (C=O) groups excluding carboxylic acids is 1. The summed E-state index contributed by atoms with van der Waals surface area (Å²) in [5.41, 5.74) is 2.89. The van der Waals surface area contributed by atoms with E-state index >= 15 is 0 Å². The third kappa shape index (κ3) is 3.83. The predicted octanol–water partition coefficient (Wildman–Crippen LogP) is 5.27. The largest absolute Gasteiger partial charge is 0.345 e. The average Bonchev–Trinajstić information content (AvgIpc) is 3.11. The first kappa shape index (κ1) is 18.3. The molecule has 0 spiro atoms. The van der Waals surface area contributed by atoms with Gasteiger partial charge in [0.1, 0.15) is 0 Å². The van der Waals surface area contributed by atoms with Crippen molar-refractivity contribution >= 4 is 61.6 Å². The highest BCUT2D eigenvalue weighted by Gasteiger charge is 2.23. The summed E-state index contributed by atoms with van der Waals surface area (Å²) in [7, 11) is 0. The van der Waals surface area contributed by atoms with Gasteiger partial charge in [0, 0.05) is 31.9 Å². The van der Waals surface area contributed by atoms with Crippen molar-refractivity contribution in [3.8, 4) is 0 Å². The van der Waals surface area contributed by atoms with Gasteiger partial charge in [0.15, 0.2) is 5.13 Å². The highest BCUT2D eigenvalue weighted by Crippen LogP contribution is 2.31. The summed E-state index contributed by atoms with van der Waals surface area (Å²) in [6.45, 7) is 4.88. The van der Waals surface area contributed by atoms with Gasteiger partial charge in [0.05, 0.1) is 20.3 Å². The number of fused-ring (bicyclic) bond motifs is 1. The number of hydrogen-bond acceptors (Lipinski definition) is 4. The van der Waals surface area contributed by atoms with Gasteiger partial charge in [-0.05, 0) is 36.8 Å². The lowest BCUT2D eigenvalue weighted by atomic mass is 10.2. The number of rotatable bonds is 2. The molecule has 2 aromatic carbocycles. The third-order valence-electron chi connectivity index (χ3n) is 4.62. The molecule has 1 aliphatic rings. The van der Waals surface area contributed by atoms with Crippen LogP contribution < -0.4 is 10.2 Å². The van der Waals surface area contributed by atoms with E-state index in [0.29, 0.717) is 28.8 Å². The van der Waals surface area contributed by atoms with Gasteiger partial charge in [0.2, 0.25) is 0 Å². The van der Waals surface area contributed by atoms with E-state index in [0.717, 1.165) is 23.7 Å². The molecule has 0 bridgehead atoms. The van der Waals surface area contributed by atoms with Crippen LogP contribution in [-0.2, 0) is 0 Å². The van der Waals surface area contributed by atoms with Crippen molar-refractivity contribution in [2.45, 2.75) is 6.92 Å². The normalized spacial score (nSPS) is 14.6. The molecule has 0 unspecified atom stereocenters. The van der Waals surface area contributed by atoms with E-state index in [9.17, 15) is 4.79 Å². The topological polar surface area (TPSA) is 48.5 Å². The number of hydrogen-bond donors (Lipinski definition) is 1. The van der Waals surface area contributed by atoms with Gasteiger partial charge in [-0.3, -0.25) is 0 Å². The van der Waals surface area contributed by atoms with Crippen LogP contribution >= 0.6 is 34.5 Å². The molecular formula is C19H18Cl2N4OS. The summed E-state index contributed by atoms with van der Waals surface area (Å²) in [5.74, 6) is 0. The van der Waals surface area contributed by atoms with Gasteiger partial charge in [0.25, 0.3) is 0 Å². The molecule has 27 heavy (non-hydrogen) atoms. The lowest BCUT2D eigenvalue weighted by Gasteiger charge is -2.34. The average molecular weight is 421 g/mol. The molecule has 1 saturated heterocycles. The summed E-state index contributed by atoms with van der Waals surface area (Å²) in [6.07, 6.45) is 0. The number of urea groups is 1. The Labute approximate surface area is 171 Å². The first-order chi connectivity index (χ1) is 13.0. The summed E-state index contributed by atoms with van der Waals surface area (Å²) in [6, 6.07) is 11.2. The molecule has 1 fully saturated rings. The number of para-hydroxylation sites is 1. The van der Waals surface area contributed by atoms with Gasteiger partial charge in [-0.15, -0.1) is 0 Å². The predicted molar refractivity (Wildman–Crippen MR) is 114 cm³/mol. The van der Waals surface area contributed by atoms with Gasteiger partial charge >= 0.3 is 6.03 Å². The molecule has 2 heterocycles. The standard InChI is InChI=1S/C19H18Cl2N4OS/c1-12-3-2-4-16-17(12)23-19(27-16)25-9-7-24(8-10-25)18(26)22-13-5-6-14(20)15(21)11-13/h2-6,11H,7-10H2,1H3,(H,22,26). The number of thiazole rings is 1. The Morgan fingerprint density at radius 1 is 1.11 bits per heavy atom. The molecule has 0 aliphatic carbocycles. The quantitative estimate of drug-likeness (QED) is 0.614. The second kappa shape index (κ2) is 7.54. The van der Waals surface area contributed by atoms with Crippen molar-refractivity contribution in [1.82, 2.24) is 9.88 Å². The van der Waals surface area contributed by atoms with Crippen molar-refractivity contribution in [3.05, 3.63) is 52.0 Å². The van der Waals surface area contributed by atoms with Crippen LogP contribution in [0, 0.1) is 6.92 Å². The molecule has 1 aliphatic heterocycles. The van der Waals surface area contributed by atoms with Crippen LogP contribution in [0.4, 0.5) is 15.6 Å². The molecule has 8 heteroatoms. The molecular weight excluding hydrogens is 403 g/mol. The van der Waals surface area contributed by atoms with Crippen molar-refractivity contribution in [2.24, 2.45) is 0 Å². The fourth-order valence-electron chi connectivity index (χ4n) is 3.09. The van der Waals surface area contributed by atoms with Crippen LogP contribution in [0.25, 0.3) is 10.2 Å². The number of aromatic nitrogens is 1. The summed E-state index contributed by atoms with van der Waals surface area (Å²) in [4.78, 5) is 21.3. The van der Waals surface area contributed by atoms with E-state index in [1.165, 1.54) is 10.3 Å². The maximum absolute atomic E-state index is 12.5. The number of piperazine rings is 1. The molecule has 1 N–H and O–H groups in total. The summed E-state index contributed by atoms with van der Waals surface area (Å²) in [5, 5.41) is 4.78. The Hall–Kier alpha value is -2.02. The van der Waals surface area contributed by atoms with Crippen molar-refractivity contribution in [1.29, 1.82) is 0 Å². The minimum Gasteiger partial charge on any atom is -0.345 e. The van der Waals surface area contributed by atoms with E-state index in [1.54, 1.807) is 34.4 Å². The zero-order chi connectivity index (χ0) is 19.0. The van der Waals surface area contributed by atoms with Crippen LogP contribution in [-0.4, -0.2) is 42.1 Å². The molecule has 140 valence electrons. The van der Waals surface area contributed by atoms with Gasteiger partial charge < -0.3 is 15.1 Å². The van der Waals surface area contributed by atoms with Crippen LogP contribution in [0.15, 0.2) is 36.4 Å². The number of aryl methyl sites for hydroxylation is 1. The molecule has 4 rings (SSSR count). The highest BCUT2D eigenvalue weighted by atomic mass is 35.5. The number of nitrogens with zero attached hydrogens (tertiary/aromatic N) is 3. The van der Waals surface area contributed by atoms with E-state index in [-0.39, 0.29) is 6.03 Å². The Morgan fingerprint density at radius 2 is 1.89 bits per heavy atom. The van der Waals surface area contributed by atoms with Gasteiger partial charge in [-0.1, -0.05) is 46.7 Å².